The van der Waals surface area contributed by atoms with Crippen molar-refractivity contribution in [3.8, 4) is 67.8 Å². The van der Waals surface area contributed by atoms with Crippen molar-refractivity contribution in [1.29, 1.82) is 0 Å². The van der Waals surface area contributed by atoms with E-state index < -0.39 is 0 Å². The molecule has 0 amide bonds. The second kappa shape index (κ2) is 21.8. The summed E-state index contributed by atoms with van der Waals surface area (Å²) in [5.41, 5.74) is 15.3. The van der Waals surface area contributed by atoms with Gasteiger partial charge in [0, 0.05) is 22.3 Å². The zero-order valence-electron chi connectivity index (χ0n) is 46.0. The summed E-state index contributed by atoms with van der Waals surface area (Å²) in [6, 6.07) is 102. The van der Waals surface area contributed by atoms with Crippen molar-refractivity contribution in [2.45, 2.75) is 12.8 Å². The number of oxazole rings is 2. The second-order valence-electron chi connectivity index (χ2n) is 21.6. The quantitative estimate of drug-likeness (QED) is 0.130. The molecule has 0 radical (unpaired) electrons. The van der Waals surface area contributed by atoms with Crippen LogP contribution in [0.2, 0.25) is 0 Å². The summed E-state index contributed by atoms with van der Waals surface area (Å²) in [6.07, 6.45) is 5.65. The number of fused-ring (bicyclic) bond motifs is 15. The molecule has 0 bridgehead atoms. The molecule has 2 aromatic heterocycles. The molecule has 0 unspecified atom stereocenters. The van der Waals surface area contributed by atoms with E-state index in [2.05, 4.69) is 216 Å². The minimum absolute atomic E-state index is 0.586. The van der Waals surface area contributed by atoms with E-state index in [4.69, 9.17) is 8.83 Å². The summed E-state index contributed by atoms with van der Waals surface area (Å²) in [4.78, 5) is 8.81. The Bertz CT molecular complexity index is 4870. The topological polar surface area (TPSA) is 52.1 Å². The fourth-order valence-corrected chi connectivity index (χ4v) is 12.3. The van der Waals surface area contributed by atoms with Crippen molar-refractivity contribution >= 4 is 64.6 Å². The van der Waals surface area contributed by atoms with E-state index in [0.717, 1.165) is 46.6 Å². The summed E-state index contributed by atoms with van der Waals surface area (Å²) in [6.45, 7) is 0. The number of aromatic nitrogens is 2. The molecular weight excluding hydrogens is 1020 g/mol. The molecule has 0 saturated carbocycles. The van der Waals surface area contributed by atoms with Crippen LogP contribution >= 0.6 is 0 Å². The average Bonchev–Trinajstić information content (AvgIpc) is 3.12. The summed E-state index contributed by atoms with van der Waals surface area (Å²) >= 11 is 0. The molecule has 16 aromatic rings. The zero-order chi connectivity index (χ0) is 55.8. The predicted molar refractivity (Wildman–Crippen MR) is 349 cm³/mol. The molecule has 2 aliphatic carbocycles. The Morgan fingerprint density at radius 3 is 1.19 bits per heavy atom. The van der Waals surface area contributed by atoms with E-state index in [1.807, 2.05) is 84.9 Å². The molecule has 4 nitrogen and oxygen atoms in total. The zero-order valence-corrected chi connectivity index (χ0v) is 46.0. The highest BCUT2D eigenvalue weighted by molar-refractivity contribution is 6.17. The molecule has 84 heavy (non-hydrogen) atoms. The first-order chi connectivity index (χ1) is 41.6. The predicted octanol–water partition coefficient (Wildman–Crippen LogP) is 21.5. The third-order valence-electron chi connectivity index (χ3n) is 16.5. The lowest BCUT2D eigenvalue weighted by atomic mass is 9.95. The normalized spacial score (nSPS) is 11.7. The third-order valence-corrected chi connectivity index (χ3v) is 16.5. The summed E-state index contributed by atoms with van der Waals surface area (Å²) < 4.78 is 11.8. The minimum atomic E-state index is 0.586. The first kappa shape index (κ1) is 50.1. The van der Waals surface area contributed by atoms with Crippen molar-refractivity contribution in [1.82, 2.24) is 9.97 Å². The van der Waals surface area contributed by atoms with Gasteiger partial charge in [-0.3, -0.25) is 0 Å². The molecule has 0 fully saturated rings. The highest BCUT2D eigenvalue weighted by Crippen LogP contribution is 2.41. The Kier molecular flexibility index (Phi) is 13.0. The van der Waals surface area contributed by atoms with Crippen molar-refractivity contribution in [2.24, 2.45) is 0 Å². The molecule has 0 N–H and O–H groups in total. The fraction of sp³-hybridized carbons (Fsp3) is 0.0250. The van der Waals surface area contributed by atoms with Gasteiger partial charge in [0.15, 0.2) is 11.5 Å². The minimum Gasteiger partial charge on any atom is -0.436 e. The number of hydrogen-bond donors (Lipinski definition) is 0. The maximum absolute atomic E-state index is 5.91. The van der Waals surface area contributed by atoms with Crippen molar-refractivity contribution < 1.29 is 8.83 Å². The van der Waals surface area contributed by atoms with Gasteiger partial charge in [0.25, 0.3) is 0 Å². The highest BCUT2D eigenvalue weighted by Gasteiger charge is 2.21. The van der Waals surface area contributed by atoms with E-state index in [-0.39, 0.29) is 0 Å². The Morgan fingerprint density at radius 2 is 0.643 bits per heavy atom. The van der Waals surface area contributed by atoms with Gasteiger partial charge in [0.05, 0.1) is 12.4 Å². The molecule has 0 spiro atoms. The molecular formula is C80H54N2O2. The van der Waals surface area contributed by atoms with Crippen LogP contribution in [-0.4, -0.2) is 9.97 Å². The van der Waals surface area contributed by atoms with Crippen LogP contribution in [0.15, 0.2) is 312 Å². The number of benzene rings is 14. The Balaban J connectivity index is 0.0000000973. The first-order valence-electron chi connectivity index (χ1n) is 28.7. The fourth-order valence-electron chi connectivity index (χ4n) is 12.3. The van der Waals surface area contributed by atoms with Gasteiger partial charge in [-0.1, -0.05) is 249 Å². The van der Waals surface area contributed by atoms with E-state index in [0.29, 0.717) is 11.8 Å². The summed E-state index contributed by atoms with van der Waals surface area (Å²) in [7, 11) is 0. The molecule has 2 aliphatic rings. The Hall–Kier alpha value is -10.9. The van der Waals surface area contributed by atoms with Crippen LogP contribution in [0.1, 0.15) is 22.3 Å². The molecule has 0 saturated heterocycles. The maximum Gasteiger partial charge on any atom is 0.226 e. The van der Waals surface area contributed by atoms with E-state index in [1.165, 1.54) is 109 Å². The monoisotopic (exact) mass is 1070 g/mol. The van der Waals surface area contributed by atoms with Crippen LogP contribution in [-0.2, 0) is 12.8 Å². The average molecular weight is 1080 g/mol. The first-order valence-corrected chi connectivity index (χ1v) is 28.7. The molecule has 18 rings (SSSR count). The highest BCUT2D eigenvalue weighted by atomic mass is 16.4. The molecule has 0 aliphatic heterocycles. The SMILES string of the molecule is c1ccc(-c2cnc(-c3ccc(-c4ncc(-c5ccccc5)o4)cc3)o2)cc1.c1ccc2c(c1)Cc1c-2ccc2ccccc12.c1ccc2c(c1)Cc1cc3ccccc3cc1-2.c1ccc2c(c1)ccc1cc3c(ccc4ccccc43)cc12. The van der Waals surface area contributed by atoms with Gasteiger partial charge in [-0.15, -0.1) is 0 Å². The smallest absolute Gasteiger partial charge is 0.226 e. The van der Waals surface area contributed by atoms with Crippen molar-refractivity contribution in [3.05, 3.63) is 326 Å². The molecule has 0 atom stereocenters. The van der Waals surface area contributed by atoms with E-state index in [1.54, 1.807) is 12.4 Å². The van der Waals surface area contributed by atoms with Crippen LogP contribution < -0.4 is 0 Å². The second-order valence-corrected chi connectivity index (χ2v) is 21.6. The number of nitrogens with zero attached hydrogens (tertiary/aromatic N) is 2. The standard InChI is InChI=1S/C24H16N2O2.C22H14.2C17H12/c1-3-7-17(8-4-1)21-15-25-23(27-21)19-11-13-20(14-12-19)24-26-16-22(28-24)18-9-5-2-6-10-18;1-3-7-19-15(5-1)9-11-17-14-22-18(13-21(17)19)12-10-16-6-2-4-8-20(16)22;1-3-7-14-12(5-1)9-10-16-15-8-4-2-6-13(15)11-17(14)16;1-2-6-13-11-17-15(9-12(13)5-1)10-14-7-3-4-8-16(14)17/h1-16H;1-14H;1-10H,11H2;1-9,11H,10H2. The van der Waals surface area contributed by atoms with Crippen LogP contribution in [0.5, 0.6) is 0 Å². The van der Waals surface area contributed by atoms with E-state index in [9.17, 15) is 0 Å². The lowest BCUT2D eigenvalue weighted by Crippen LogP contribution is -1.83. The van der Waals surface area contributed by atoms with Crippen LogP contribution in [0.4, 0.5) is 0 Å². The van der Waals surface area contributed by atoms with Crippen molar-refractivity contribution in [2.75, 3.05) is 0 Å². The summed E-state index contributed by atoms with van der Waals surface area (Å²) in [5, 5.41) is 16.0. The lowest BCUT2D eigenvalue weighted by molar-refractivity contribution is 0.587. The van der Waals surface area contributed by atoms with Crippen LogP contribution in [0.3, 0.4) is 0 Å². The molecule has 4 heteroatoms. The summed E-state index contributed by atoms with van der Waals surface area (Å²) in [5.74, 6) is 2.67. The van der Waals surface area contributed by atoms with Gasteiger partial charge in [0.2, 0.25) is 11.8 Å². The van der Waals surface area contributed by atoms with Gasteiger partial charge in [-0.2, -0.15) is 0 Å². The maximum atomic E-state index is 5.91. The van der Waals surface area contributed by atoms with Gasteiger partial charge in [-0.25, -0.2) is 9.97 Å². The van der Waals surface area contributed by atoms with Gasteiger partial charge in [-0.05, 0) is 164 Å². The number of rotatable bonds is 4. The largest absolute Gasteiger partial charge is 0.436 e. The molecule has 396 valence electrons. The van der Waals surface area contributed by atoms with Gasteiger partial charge < -0.3 is 8.83 Å². The number of hydrogen-bond acceptors (Lipinski definition) is 4. The lowest BCUT2D eigenvalue weighted by Gasteiger charge is -2.08. The Morgan fingerprint density at radius 1 is 0.238 bits per heavy atom. The van der Waals surface area contributed by atoms with Crippen LogP contribution in [0, 0.1) is 0 Å². The van der Waals surface area contributed by atoms with Gasteiger partial charge >= 0.3 is 0 Å². The molecule has 2 heterocycles. The van der Waals surface area contributed by atoms with E-state index >= 15 is 0 Å². The van der Waals surface area contributed by atoms with Gasteiger partial charge in [0.1, 0.15) is 0 Å². The third kappa shape index (κ3) is 9.66. The van der Waals surface area contributed by atoms with Crippen molar-refractivity contribution in [3.63, 3.8) is 0 Å². The van der Waals surface area contributed by atoms with Crippen LogP contribution in [0.25, 0.3) is 132 Å². The Labute approximate surface area is 487 Å². The molecule has 14 aromatic carbocycles.